The van der Waals surface area contributed by atoms with Crippen molar-refractivity contribution >= 4 is 27.5 Å². The van der Waals surface area contributed by atoms with Crippen LogP contribution in [0.5, 0.6) is 0 Å². The average molecular weight is 280 g/mol. The van der Waals surface area contributed by atoms with Gasteiger partial charge in [-0.05, 0) is 24.3 Å². The third kappa shape index (κ3) is 2.02. The summed E-state index contributed by atoms with van der Waals surface area (Å²) in [5, 5.41) is 18.8. The fourth-order valence-electron chi connectivity index (χ4n) is 1.97. The molecule has 0 spiro atoms. The van der Waals surface area contributed by atoms with Crippen LogP contribution in [0, 0.1) is 11.3 Å². The Hall–Kier alpha value is -2.71. The molecule has 1 N–H and O–H groups in total. The predicted molar refractivity (Wildman–Crippen MR) is 76.7 cm³/mol. The lowest BCUT2D eigenvalue weighted by Crippen LogP contribution is -1.98. The number of carboxylic acids is 1. The van der Waals surface area contributed by atoms with Gasteiger partial charge < -0.3 is 5.11 Å². The topological polar surface area (TPSA) is 74.0 Å². The van der Waals surface area contributed by atoms with Crippen molar-refractivity contribution in [3.63, 3.8) is 0 Å². The SMILES string of the molecule is N#Cc1ccc2nc(-c3ccccc3C(=O)O)sc2c1. The Morgan fingerprint density at radius 3 is 2.80 bits per heavy atom. The molecule has 0 aliphatic heterocycles. The highest BCUT2D eigenvalue weighted by Crippen LogP contribution is 2.32. The number of carboxylic acid groups (broad SMARTS) is 1. The molecule has 0 radical (unpaired) electrons. The molecule has 1 aromatic heterocycles. The molecule has 0 saturated carbocycles. The van der Waals surface area contributed by atoms with Crippen LogP contribution in [-0.4, -0.2) is 16.1 Å². The van der Waals surface area contributed by atoms with Crippen molar-refractivity contribution in [1.82, 2.24) is 4.98 Å². The van der Waals surface area contributed by atoms with Crippen LogP contribution in [0.25, 0.3) is 20.8 Å². The fraction of sp³-hybridized carbons (Fsp3) is 0. The first-order valence-electron chi connectivity index (χ1n) is 5.82. The van der Waals surface area contributed by atoms with Gasteiger partial charge in [0.25, 0.3) is 0 Å². The number of hydrogen-bond acceptors (Lipinski definition) is 4. The number of benzene rings is 2. The van der Waals surface area contributed by atoms with Gasteiger partial charge in [-0.1, -0.05) is 18.2 Å². The van der Waals surface area contributed by atoms with Crippen LogP contribution in [-0.2, 0) is 0 Å². The van der Waals surface area contributed by atoms with Crippen molar-refractivity contribution in [2.45, 2.75) is 0 Å². The van der Waals surface area contributed by atoms with Gasteiger partial charge in [-0.2, -0.15) is 5.26 Å². The summed E-state index contributed by atoms with van der Waals surface area (Å²) in [6.45, 7) is 0. The highest BCUT2D eigenvalue weighted by Gasteiger charge is 2.14. The molecule has 3 rings (SSSR count). The quantitative estimate of drug-likeness (QED) is 0.779. The molecule has 0 aliphatic rings. The summed E-state index contributed by atoms with van der Waals surface area (Å²) in [4.78, 5) is 15.7. The molecule has 0 unspecified atom stereocenters. The van der Waals surface area contributed by atoms with Crippen LogP contribution < -0.4 is 0 Å². The third-order valence-electron chi connectivity index (χ3n) is 2.91. The summed E-state index contributed by atoms with van der Waals surface area (Å²) in [5.74, 6) is -0.974. The third-order valence-corrected chi connectivity index (χ3v) is 3.96. The molecule has 96 valence electrons. The van der Waals surface area contributed by atoms with E-state index in [0.29, 0.717) is 16.1 Å². The first-order chi connectivity index (χ1) is 9.69. The Morgan fingerprint density at radius 1 is 1.25 bits per heavy atom. The van der Waals surface area contributed by atoms with Gasteiger partial charge >= 0.3 is 5.97 Å². The van der Waals surface area contributed by atoms with Crippen LogP contribution >= 0.6 is 11.3 Å². The Kier molecular flexibility index (Phi) is 2.93. The lowest BCUT2D eigenvalue weighted by Gasteiger charge is -2.01. The van der Waals surface area contributed by atoms with E-state index in [9.17, 15) is 9.90 Å². The normalized spacial score (nSPS) is 10.3. The monoisotopic (exact) mass is 280 g/mol. The van der Waals surface area contributed by atoms with Crippen LogP contribution in [0.2, 0.25) is 0 Å². The summed E-state index contributed by atoms with van der Waals surface area (Å²) in [5.41, 5.74) is 2.16. The number of nitrogens with zero attached hydrogens (tertiary/aromatic N) is 2. The molecule has 0 saturated heterocycles. The second kappa shape index (κ2) is 4.76. The highest BCUT2D eigenvalue weighted by atomic mass is 32.1. The minimum atomic E-state index is -0.974. The number of thiazole rings is 1. The largest absolute Gasteiger partial charge is 0.478 e. The van der Waals surface area contributed by atoms with E-state index in [2.05, 4.69) is 11.1 Å². The van der Waals surface area contributed by atoms with Gasteiger partial charge in [-0.3, -0.25) is 0 Å². The molecular weight excluding hydrogens is 272 g/mol. The fourth-order valence-corrected chi connectivity index (χ4v) is 3.01. The molecule has 0 bridgehead atoms. The lowest BCUT2D eigenvalue weighted by molar-refractivity contribution is 0.0697. The number of aromatic carboxylic acids is 1. The zero-order valence-corrected chi connectivity index (χ0v) is 11.0. The van der Waals surface area contributed by atoms with Gasteiger partial charge in [0.1, 0.15) is 5.01 Å². The standard InChI is InChI=1S/C15H8N2O2S/c16-8-9-5-6-12-13(7-9)20-14(17-12)10-3-1-2-4-11(10)15(18)19/h1-7H,(H,18,19). The minimum Gasteiger partial charge on any atom is -0.478 e. The molecule has 3 aromatic rings. The zero-order chi connectivity index (χ0) is 14.1. The van der Waals surface area contributed by atoms with E-state index in [-0.39, 0.29) is 5.56 Å². The van der Waals surface area contributed by atoms with Crippen LogP contribution in [0.15, 0.2) is 42.5 Å². The lowest BCUT2D eigenvalue weighted by atomic mass is 10.1. The van der Waals surface area contributed by atoms with Gasteiger partial charge in [0.05, 0.1) is 27.4 Å². The number of aromatic nitrogens is 1. The molecule has 2 aromatic carbocycles. The maximum atomic E-state index is 11.2. The van der Waals surface area contributed by atoms with Gasteiger partial charge in [0, 0.05) is 5.56 Å². The Bertz CT molecular complexity index is 862. The Labute approximate surface area is 118 Å². The number of rotatable bonds is 2. The number of fused-ring (bicyclic) bond motifs is 1. The van der Waals surface area contributed by atoms with Crippen molar-refractivity contribution in [1.29, 1.82) is 5.26 Å². The van der Waals surface area contributed by atoms with E-state index in [1.165, 1.54) is 11.3 Å². The Morgan fingerprint density at radius 2 is 2.05 bits per heavy atom. The van der Waals surface area contributed by atoms with Gasteiger partial charge in [-0.25, -0.2) is 9.78 Å². The average Bonchev–Trinajstić information content (AvgIpc) is 2.89. The van der Waals surface area contributed by atoms with Crippen molar-refractivity contribution in [2.75, 3.05) is 0 Å². The molecule has 5 heteroatoms. The van der Waals surface area contributed by atoms with E-state index in [0.717, 1.165) is 10.2 Å². The molecular formula is C15H8N2O2S. The smallest absolute Gasteiger partial charge is 0.336 e. The number of nitriles is 1. The summed E-state index contributed by atoms with van der Waals surface area (Å²) in [6, 6.07) is 14.1. The summed E-state index contributed by atoms with van der Waals surface area (Å²) in [7, 11) is 0. The second-order valence-corrected chi connectivity index (χ2v) is 5.19. The molecule has 0 amide bonds. The van der Waals surface area contributed by atoms with Crippen LogP contribution in [0.1, 0.15) is 15.9 Å². The van der Waals surface area contributed by atoms with E-state index in [1.807, 2.05) is 0 Å². The van der Waals surface area contributed by atoms with E-state index >= 15 is 0 Å². The second-order valence-electron chi connectivity index (χ2n) is 4.16. The van der Waals surface area contributed by atoms with Crippen molar-refractivity contribution < 1.29 is 9.90 Å². The van der Waals surface area contributed by atoms with Crippen molar-refractivity contribution in [3.05, 3.63) is 53.6 Å². The maximum absolute atomic E-state index is 11.2. The van der Waals surface area contributed by atoms with E-state index < -0.39 is 5.97 Å². The van der Waals surface area contributed by atoms with Gasteiger partial charge in [0.2, 0.25) is 0 Å². The van der Waals surface area contributed by atoms with Gasteiger partial charge in [-0.15, -0.1) is 11.3 Å². The number of hydrogen-bond donors (Lipinski definition) is 1. The molecule has 1 heterocycles. The Balaban J connectivity index is 2.21. The first kappa shape index (κ1) is 12.3. The molecule has 0 fully saturated rings. The first-order valence-corrected chi connectivity index (χ1v) is 6.64. The van der Waals surface area contributed by atoms with E-state index in [4.69, 9.17) is 5.26 Å². The molecule has 0 atom stereocenters. The van der Waals surface area contributed by atoms with Crippen molar-refractivity contribution in [3.8, 4) is 16.6 Å². The maximum Gasteiger partial charge on any atom is 0.336 e. The van der Waals surface area contributed by atoms with Gasteiger partial charge in [0.15, 0.2) is 0 Å². The predicted octanol–water partition coefficient (Wildman–Crippen LogP) is 3.53. The van der Waals surface area contributed by atoms with Crippen LogP contribution in [0.3, 0.4) is 0 Å². The summed E-state index contributed by atoms with van der Waals surface area (Å²) >= 11 is 1.39. The zero-order valence-electron chi connectivity index (χ0n) is 10.2. The number of carbonyl (C=O) groups is 1. The molecule has 4 nitrogen and oxygen atoms in total. The van der Waals surface area contributed by atoms with Crippen molar-refractivity contribution in [2.24, 2.45) is 0 Å². The molecule has 20 heavy (non-hydrogen) atoms. The van der Waals surface area contributed by atoms with E-state index in [1.54, 1.807) is 42.5 Å². The minimum absolute atomic E-state index is 0.229. The van der Waals surface area contributed by atoms with Crippen LogP contribution in [0.4, 0.5) is 0 Å². The summed E-state index contributed by atoms with van der Waals surface area (Å²) < 4.78 is 0.874. The summed E-state index contributed by atoms with van der Waals surface area (Å²) in [6.07, 6.45) is 0. The molecule has 0 aliphatic carbocycles. The highest BCUT2D eigenvalue weighted by molar-refractivity contribution is 7.21.